The first-order valence-corrected chi connectivity index (χ1v) is 7.09. The SMILES string of the molecule is Cc1cc(Oc2snc3ccccc23)ccc1Br. The molecule has 0 amide bonds. The molecule has 0 saturated carbocycles. The Hall–Kier alpha value is -1.39. The van der Waals surface area contributed by atoms with E-state index in [9.17, 15) is 0 Å². The Balaban J connectivity index is 1.98. The number of hydrogen-bond acceptors (Lipinski definition) is 3. The predicted octanol–water partition coefficient (Wildman–Crippen LogP) is 5.16. The molecule has 2 aromatic carbocycles. The molecular formula is C14H10BrNOS. The Morgan fingerprint density at radius 1 is 1.17 bits per heavy atom. The van der Waals surface area contributed by atoms with Crippen molar-refractivity contribution in [3.63, 3.8) is 0 Å². The van der Waals surface area contributed by atoms with Gasteiger partial charge in [0.25, 0.3) is 0 Å². The molecule has 0 aliphatic heterocycles. The standard InChI is InChI=1S/C14H10BrNOS/c1-9-8-10(6-7-12(9)15)17-14-11-4-2-3-5-13(11)16-18-14/h2-8H,1H3. The van der Waals surface area contributed by atoms with Crippen LogP contribution in [0.5, 0.6) is 10.8 Å². The van der Waals surface area contributed by atoms with Crippen molar-refractivity contribution in [2.75, 3.05) is 0 Å². The number of nitrogens with zero attached hydrogens (tertiary/aromatic N) is 1. The number of benzene rings is 2. The van der Waals surface area contributed by atoms with Crippen molar-refractivity contribution in [2.45, 2.75) is 6.92 Å². The van der Waals surface area contributed by atoms with Gasteiger partial charge in [-0.2, -0.15) is 4.37 Å². The van der Waals surface area contributed by atoms with E-state index in [4.69, 9.17) is 4.74 Å². The third-order valence-electron chi connectivity index (χ3n) is 2.69. The number of halogens is 1. The number of aryl methyl sites for hydroxylation is 1. The van der Waals surface area contributed by atoms with E-state index >= 15 is 0 Å². The van der Waals surface area contributed by atoms with Crippen molar-refractivity contribution in [3.05, 3.63) is 52.5 Å². The van der Waals surface area contributed by atoms with Gasteiger partial charge in [-0.15, -0.1) is 0 Å². The zero-order chi connectivity index (χ0) is 12.5. The van der Waals surface area contributed by atoms with Gasteiger partial charge >= 0.3 is 0 Å². The topological polar surface area (TPSA) is 22.1 Å². The minimum absolute atomic E-state index is 0.838. The number of rotatable bonds is 2. The first-order chi connectivity index (χ1) is 8.74. The summed E-state index contributed by atoms with van der Waals surface area (Å²) in [6.45, 7) is 2.04. The summed E-state index contributed by atoms with van der Waals surface area (Å²) in [6.07, 6.45) is 0. The van der Waals surface area contributed by atoms with Crippen LogP contribution in [0.2, 0.25) is 0 Å². The average molecular weight is 320 g/mol. The molecule has 4 heteroatoms. The number of fused-ring (bicyclic) bond motifs is 1. The second-order valence-corrected chi connectivity index (χ2v) is 5.59. The zero-order valence-electron chi connectivity index (χ0n) is 9.68. The fourth-order valence-electron chi connectivity index (χ4n) is 1.73. The lowest BCUT2D eigenvalue weighted by Crippen LogP contribution is -1.83. The van der Waals surface area contributed by atoms with Gasteiger partial charge in [0.1, 0.15) is 5.75 Å². The quantitative estimate of drug-likeness (QED) is 0.651. The highest BCUT2D eigenvalue weighted by molar-refractivity contribution is 9.10. The van der Waals surface area contributed by atoms with Crippen LogP contribution in [0.25, 0.3) is 10.9 Å². The number of hydrogen-bond donors (Lipinski definition) is 0. The van der Waals surface area contributed by atoms with Gasteiger partial charge in [-0.25, -0.2) is 0 Å². The van der Waals surface area contributed by atoms with E-state index in [2.05, 4.69) is 20.3 Å². The monoisotopic (exact) mass is 319 g/mol. The Morgan fingerprint density at radius 2 is 2.00 bits per heavy atom. The first-order valence-electron chi connectivity index (χ1n) is 5.52. The van der Waals surface area contributed by atoms with Crippen molar-refractivity contribution in [2.24, 2.45) is 0 Å². The summed E-state index contributed by atoms with van der Waals surface area (Å²) < 4.78 is 11.4. The van der Waals surface area contributed by atoms with Crippen molar-refractivity contribution in [3.8, 4) is 10.8 Å². The van der Waals surface area contributed by atoms with Gasteiger partial charge in [-0.3, -0.25) is 0 Å². The molecule has 0 aliphatic rings. The van der Waals surface area contributed by atoms with Crippen molar-refractivity contribution in [1.82, 2.24) is 4.37 Å². The molecule has 0 bridgehead atoms. The van der Waals surface area contributed by atoms with Gasteiger partial charge in [-0.1, -0.05) is 28.1 Å². The fourth-order valence-corrected chi connectivity index (χ4v) is 2.72. The first kappa shape index (κ1) is 11.7. The normalized spacial score (nSPS) is 10.8. The Kier molecular flexibility index (Phi) is 3.06. The number of ether oxygens (including phenoxy) is 1. The van der Waals surface area contributed by atoms with E-state index in [0.29, 0.717) is 0 Å². The molecule has 1 aromatic heterocycles. The van der Waals surface area contributed by atoms with E-state index in [0.717, 1.165) is 31.8 Å². The Morgan fingerprint density at radius 3 is 2.83 bits per heavy atom. The molecule has 0 radical (unpaired) electrons. The van der Waals surface area contributed by atoms with Crippen LogP contribution in [0.3, 0.4) is 0 Å². The smallest absolute Gasteiger partial charge is 0.207 e. The summed E-state index contributed by atoms with van der Waals surface area (Å²) in [5.41, 5.74) is 2.13. The Labute approximate surface area is 118 Å². The Bertz CT molecular complexity index is 708. The molecule has 0 unspecified atom stereocenters. The van der Waals surface area contributed by atoms with Crippen LogP contribution in [0, 0.1) is 6.92 Å². The van der Waals surface area contributed by atoms with Crippen LogP contribution in [0.1, 0.15) is 5.56 Å². The highest BCUT2D eigenvalue weighted by Crippen LogP contribution is 2.34. The lowest BCUT2D eigenvalue weighted by molar-refractivity contribution is 0.501. The fraction of sp³-hybridized carbons (Fsp3) is 0.0714. The number of aromatic nitrogens is 1. The zero-order valence-corrected chi connectivity index (χ0v) is 12.1. The van der Waals surface area contributed by atoms with Crippen LogP contribution >= 0.6 is 27.5 Å². The highest BCUT2D eigenvalue weighted by atomic mass is 79.9. The lowest BCUT2D eigenvalue weighted by atomic mass is 10.2. The molecule has 3 rings (SSSR count). The minimum atomic E-state index is 0.838. The minimum Gasteiger partial charge on any atom is -0.444 e. The van der Waals surface area contributed by atoms with Crippen LogP contribution in [-0.4, -0.2) is 4.37 Å². The average Bonchev–Trinajstić information content (AvgIpc) is 2.78. The second kappa shape index (κ2) is 4.71. The second-order valence-electron chi connectivity index (χ2n) is 4.00. The van der Waals surface area contributed by atoms with Crippen LogP contribution in [-0.2, 0) is 0 Å². The molecular weight excluding hydrogens is 310 g/mol. The molecule has 1 heterocycles. The van der Waals surface area contributed by atoms with Crippen molar-refractivity contribution in [1.29, 1.82) is 0 Å². The van der Waals surface area contributed by atoms with Gasteiger partial charge in [0.05, 0.1) is 10.9 Å². The molecule has 0 aliphatic carbocycles. The van der Waals surface area contributed by atoms with Crippen LogP contribution < -0.4 is 4.74 Å². The molecule has 3 aromatic rings. The highest BCUT2D eigenvalue weighted by Gasteiger charge is 2.08. The maximum atomic E-state index is 5.90. The van der Waals surface area contributed by atoms with E-state index < -0.39 is 0 Å². The molecule has 0 spiro atoms. The van der Waals surface area contributed by atoms with Crippen LogP contribution in [0.15, 0.2) is 46.9 Å². The van der Waals surface area contributed by atoms with E-state index in [1.165, 1.54) is 11.5 Å². The van der Waals surface area contributed by atoms with Gasteiger partial charge in [0, 0.05) is 16.0 Å². The van der Waals surface area contributed by atoms with Gasteiger partial charge in [-0.05, 0) is 42.8 Å². The summed E-state index contributed by atoms with van der Waals surface area (Å²) in [7, 11) is 0. The molecule has 0 fully saturated rings. The summed E-state index contributed by atoms with van der Waals surface area (Å²) in [5.74, 6) is 0.838. The maximum Gasteiger partial charge on any atom is 0.207 e. The molecule has 90 valence electrons. The maximum absolute atomic E-state index is 5.90. The van der Waals surface area contributed by atoms with E-state index in [1.54, 1.807) is 0 Å². The third-order valence-corrected chi connectivity index (χ3v) is 4.34. The molecule has 18 heavy (non-hydrogen) atoms. The van der Waals surface area contributed by atoms with E-state index in [1.807, 2.05) is 49.4 Å². The largest absolute Gasteiger partial charge is 0.444 e. The van der Waals surface area contributed by atoms with E-state index in [-0.39, 0.29) is 0 Å². The summed E-state index contributed by atoms with van der Waals surface area (Å²) in [6, 6.07) is 14.0. The molecule has 0 saturated heterocycles. The van der Waals surface area contributed by atoms with Gasteiger partial charge in [0.2, 0.25) is 5.06 Å². The summed E-state index contributed by atoms with van der Waals surface area (Å²) in [4.78, 5) is 0. The van der Waals surface area contributed by atoms with Gasteiger partial charge < -0.3 is 4.74 Å². The lowest BCUT2D eigenvalue weighted by Gasteiger charge is -2.05. The van der Waals surface area contributed by atoms with Crippen molar-refractivity contribution >= 4 is 38.4 Å². The summed E-state index contributed by atoms with van der Waals surface area (Å²) >= 11 is 4.87. The van der Waals surface area contributed by atoms with Gasteiger partial charge in [0.15, 0.2) is 0 Å². The predicted molar refractivity (Wildman–Crippen MR) is 78.6 cm³/mol. The summed E-state index contributed by atoms with van der Waals surface area (Å²) in [5, 5.41) is 1.90. The molecule has 0 atom stereocenters. The van der Waals surface area contributed by atoms with Crippen LogP contribution in [0.4, 0.5) is 0 Å². The van der Waals surface area contributed by atoms with Crippen molar-refractivity contribution < 1.29 is 4.74 Å². The molecule has 2 nitrogen and oxygen atoms in total. The molecule has 0 N–H and O–H groups in total. The third kappa shape index (κ3) is 2.13.